The molecular weight excluding hydrogens is 292 g/mol. The topological polar surface area (TPSA) is 89.5 Å². The number of nitrogens with one attached hydrogen (secondary N) is 1. The molecule has 0 aliphatic heterocycles. The fourth-order valence-corrected chi connectivity index (χ4v) is 2.31. The Balaban J connectivity index is 1.69. The Hall–Kier alpha value is -3.15. The summed E-state index contributed by atoms with van der Waals surface area (Å²) in [4.78, 5) is 27.5. The van der Waals surface area contributed by atoms with Gasteiger partial charge in [0.15, 0.2) is 0 Å². The molecule has 1 aromatic carbocycles. The number of rotatable bonds is 4. The summed E-state index contributed by atoms with van der Waals surface area (Å²) in [6.45, 7) is 2.00. The SMILES string of the molecule is Cc1ccn2cc(CC(=O)Nc3ccc(C(N)=O)cc3)nc2c1. The molecule has 6 nitrogen and oxygen atoms in total. The van der Waals surface area contributed by atoms with Gasteiger partial charge in [0, 0.05) is 23.6 Å². The first-order chi connectivity index (χ1) is 11.0. The molecule has 0 atom stereocenters. The van der Waals surface area contributed by atoms with Gasteiger partial charge in [-0.3, -0.25) is 9.59 Å². The normalized spacial score (nSPS) is 10.7. The van der Waals surface area contributed by atoms with Gasteiger partial charge in [-0.05, 0) is 48.9 Å². The zero-order chi connectivity index (χ0) is 16.4. The lowest BCUT2D eigenvalue weighted by atomic mass is 10.2. The Morgan fingerprint density at radius 2 is 1.96 bits per heavy atom. The van der Waals surface area contributed by atoms with Crippen molar-refractivity contribution >= 4 is 23.1 Å². The number of anilines is 1. The van der Waals surface area contributed by atoms with Crippen molar-refractivity contribution in [2.75, 3.05) is 5.32 Å². The minimum absolute atomic E-state index is 0.169. The molecule has 116 valence electrons. The quantitative estimate of drug-likeness (QED) is 0.771. The van der Waals surface area contributed by atoms with E-state index in [1.165, 1.54) is 0 Å². The van der Waals surface area contributed by atoms with Gasteiger partial charge in [0.2, 0.25) is 11.8 Å². The number of carbonyl (C=O) groups excluding carboxylic acids is 2. The van der Waals surface area contributed by atoms with Gasteiger partial charge in [-0.25, -0.2) is 4.98 Å². The zero-order valence-electron chi connectivity index (χ0n) is 12.6. The summed E-state index contributed by atoms with van der Waals surface area (Å²) in [6.07, 6.45) is 3.93. The van der Waals surface area contributed by atoms with Crippen LogP contribution in [0.5, 0.6) is 0 Å². The third kappa shape index (κ3) is 3.37. The Labute approximate surface area is 132 Å². The van der Waals surface area contributed by atoms with E-state index in [1.807, 2.05) is 35.9 Å². The maximum atomic E-state index is 12.1. The Morgan fingerprint density at radius 1 is 1.22 bits per heavy atom. The number of amides is 2. The van der Waals surface area contributed by atoms with Crippen LogP contribution in [0.3, 0.4) is 0 Å². The molecule has 0 saturated heterocycles. The van der Waals surface area contributed by atoms with Crippen molar-refractivity contribution < 1.29 is 9.59 Å². The summed E-state index contributed by atoms with van der Waals surface area (Å²) in [7, 11) is 0. The number of aryl methyl sites for hydroxylation is 1. The zero-order valence-corrected chi connectivity index (χ0v) is 12.6. The second-order valence-electron chi connectivity index (χ2n) is 5.37. The summed E-state index contributed by atoms with van der Waals surface area (Å²) >= 11 is 0. The number of aromatic nitrogens is 2. The Kier molecular flexibility index (Phi) is 3.80. The molecule has 23 heavy (non-hydrogen) atoms. The van der Waals surface area contributed by atoms with Gasteiger partial charge in [-0.15, -0.1) is 0 Å². The van der Waals surface area contributed by atoms with Gasteiger partial charge in [0.25, 0.3) is 0 Å². The van der Waals surface area contributed by atoms with Crippen molar-refractivity contribution in [2.45, 2.75) is 13.3 Å². The van der Waals surface area contributed by atoms with Crippen LogP contribution < -0.4 is 11.1 Å². The second-order valence-corrected chi connectivity index (χ2v) is 5.37. The summed E-state index contributed by atoms with van der Waals surface area (Å²) in [5.74, 6) is -0.667. The molecule has 3 N–H and O–H groups in total. The predicted molar refractivity (Wildman–Crippen MR) is 87.2 cm³/mol. The molecule has 2 aromatic heterocycles. The molecule has 0 unspecified atom stereocenters. The third-order valence-corrected chi connectivity index (χ3v) is 3.46. The molecule has 0 bridgehead atoms. The third-order valence-electron chi connectivity index (χ3n) is 3.46. The molecule has 0 aliphatic rings. The van der Waals surface area contributed by atoms with Gasteiger partial charge >= 0.3 is 0 Å². The molecule has 0 radical (unpaired) electrons. The highest BCUT2D eigenvalue weighted by Crippen LogP contribution is 2.11. The van der Waals surface area contributed by atoms with Crippen LogP contribution in [-0.2, 0) is 11.2 Å². The van der Waals surface area contributed by atoms with Crippen molar-refractivity contribution in [2.24, 2.45) is 5.73 Å². The minimum atomic E-state index is -0.497. The number of carbonyl (C=O) groups is 2. The number of fused-ring (bicyclic) bond motifs is 1. The van der Waals surface area contributed by atoms with Crippen LogP contribution >= 0.6 is 0 Å². The second kappa shape index (κ2) is 5.92. The van der Waals surface area contributed by atoms with Crippen LogP contribution in [0.2, 0.25) is 0 Å². The van der Waals surface area contributed by atoms with E-state index >= 15 is 0 Å². The molecule has 0 aliphatic carbocycles. The van der Waals surface area contributed by atoms with E-state index in [2.05, 4.69) is 10.3 Å². The van der Waals surface area contributed by atoms with Crippen LogP contribution in [0.15, 0.2) is 48.8 Å². The Morgan fingerprint density at radius 3 is 2.65 bits per heavy atom. The van der Waals surface area contributed by atoms with Gasteiger partial charge in [0.05, 0.1) is 12.1 Å². The fourth-order valence-electron chi connectivity index (χ4n) is 2.31. The van der Waals surface area contributed by atoms with Crippen molar-refractivity contribution in [3.63, 3.8) is 0 Å². The van der Waals surface area contributed by atoms with E-state index in [4.69, 9.17) is 5.73 Å². The monoisotopic (exact) mass is 308 g/mol. The van der Waals surface area contributed by atoms with E-state index in [1.54, 1.807) is 24.3 Å². The maximum Gasteiger partial charge on any atom is 0.248 e. The summed E-state index contributed by atoms with van der Waals surface area (Å²) in [5.41, 5.74) is 8.82. The maximum absolute atomic E-state index is 12.1. The molecular formula is C17H16N4O2. The van der Waals surface area contributed by atoms with Gasteiger partial charge in [-0.2, -0.15) is 0 Å². The number of nitrogens with zero attached hydrogens (tertiary/aromatic N) is 2. The van der Waals surface area contributed by atoms with Crippen LogP contribution in [0, 0.1) is 6.92 Å². The van der Waals surface area contributed by atoms with Crippen LogP contribution in [0.25, 0.3) is 5.65 Å². The average Bonchev–Trinajstić information content (AvgIpc) is 2.88. The first kappa shape index (κ1) is 14.8. The molecule has 0 saturated carbocycles. The highest BCUT2D eigenvalue weighted by molar-refractivity contribution is 5.95. The Bertz CT molecular complexity index is 881. The number of hydrogen-bond acceptors (Lipinski definition) is 3. The predicted octanol–water partition coefficient (Wildman–Crippen LogP) is 1.92. The van der Waals surface area contributed by atoms with Crippen LogP contribution in [0.1, 0.15) is 21.6 Å². The number of hydrogen-bond donors (Lipinski definition) is 2. The summed E-state index contributed by atoms with van der Waals surface area (Å²) in [5, 5.41) is 2.77. The molecule has 0 spiro atoms. The first-order valence-corrected chi connectivity index (χ1v) is 7.15. The van der Waals surface area contributed by atoms with E-state index in [-0.39, 0.29) is 12.3 Å². The molecule has 3 rings (SSSR count). The van der Waals surface area contributed by atoms with E-state index < -0.39 is 5.91 Å². The largest absolute Gasteiger partial charge is 0.366 e. The van der Waals surface area contributed by atoms with Gasteiger partial charge < -0.3 is 15.5 Å². The summed E-state index contributed by atoms with van der Waals surface area (Å²) < 4.78 is 1.89. The molecule has 3 aromatic rings. The minimum Gasteiger partial charge on any atom is -0.366 e. The van der Waals surface area contributed by atoms with E-state index in [9.17, 15) is 9.59 Å². The van der Waals surface area contributed by atoms with E-state index in [0.29, 0.717) is 16.9 Å². The lowest BCUT2D eigenvalue weighted by Gasteiger charge is -2.04. The number of imidazole rings is 1. The molecule has 2 amide bonds. The fraction of sp³-hybridized carbons (Fsp3) is 0.118. The number of pyridine rings is 1. The van der Waals surface area contributed by atoms with Crippen LogP contribution in [-0.4, -0.2) is 21.2 Å². The van der Waals surface area contributed by atoms with Crippen LogP contribution in [0.4, 0.5) is 5.69 Å². The van der Waals surface area contributed by atoms with Crippen molar-refractivity contribution in [3.05, 3.63) is 65.6 Å². The van der Waals surface area contributed by atoms with Gasteiger partial charge in [0.1, 0.15) is 5.65 Å². The van der Waals surface area contributed by atoms with Crippen molar-refractivity contribution in [1.29, 1.82) is 0 Å². The average molecular weight is 308 g/mol. The first-order valence-electron chi connectivity index (χ1n) is 7.15. The van der Waals surface area contributed by atoms with Crippen molar-refractivity contribution in [1.82, 2.24) is 9.38 Å². The lowest BCUT2D eigenvalue weighted by molar-refractivity contribution is -0.115. The van der Waals surface area contributed by atoms with Gasteiger partial charge in [-0.1, -0.05) is 0 Å². The standard InChI is InChI=1S/C17H16N4O2/c1-11-6-7-21-10-14(19-15(21)8-11)9-16(22)20-13-4-2-12(3-5-13)17(18)23/h2-8,10H,9H2,1H3,(H2,18,23)(H,20,22). The summed E-state index contributed by atoms with van der Waals surface area (Å²) in [6, 6.07) is 10.4. The number of benzene rings is 1. The van der Waals surface area contributed by atoms with Crippen molar-refractivity contribution in [3.8, 4) is 0 Å². The number of nitrogens with two attached hydrogens (primary N) is 1. The van der Waals surface area contributed by atoms with E-state index in [0.717, 1.165) is 11.2 Å². The highest BCUT2D eigenvalue weighted by Gasteiger charge is 2.09. The number of primary amides is 1. The smallest absolute Gasteiger partial charge is 0.248 e. The lowest BCUT2D eigenvalue weighted by Crippen LogP contribution is -2.15. The molecule has 2 heterocycles. The highest BCUT2D eigenvalue weighted by atomic mass is 16.2. The molecule has 6 heteroatoms. The molecule has 0 fully saturated rings.